The molecule has 0 bridgehead atoms. The fourth-order valence-corrected chi connectivity index (χ4v) is 20.3. The molecule has 0 unspecified atom stereocenters. The van der Waals surface area contributed by atoms with Gasteiger partial charge in [-0.2, -0.15) is 18.3 Å². The Morgan fingerprint density at radius 2 is 0.560 bits per heavy atom. The second kappa shape index (κ2) is 38.4. The average Bonchev–Trinajstić information content (AvgIpc) is 1.59. The number of fused-ring (bicyclic) bond motifs is 3. The van der Waals surface area contributed by atoms with Crippen molar-refractivity contribution in [3.05, 3.63) is 326 Å². The zero-order valence-corrected chi connectivity index (χ0v) is 84.4. The highest BCUT2D eigenvalue weighted by molar-refractivity contribution is 5.83. The van der Waals surface area contributed by atoms with Crippen molar-refractivity contribution in [1.29, 1.82) is 0 Å². The first-order chi connectivity index (χ1) is 64.2. The highest BCUT2D eigenvalue weighted by Crippen LogP contribution is 2.44. The van der Waals surface area contributed by atoms with Crippen LogP contribution in [0.15, 0.2) is 293 Å². The van der Waals surface area contributed by atoms with Crippen molar-refractivity contribution in [2.45, 2.75) is 171 Å². The number of hydrogen-bond acceptors (Lipinski definition) is 8. The lowest BCUT2D eigenvalue weighted by Crippen LogP contribution is -2.46. The number of nitrogens with zero attached hydrogens (tertiary/aromatic N) is 20. The molecule has 690 valence electrons. The lowest BCUT2D eigenvalue weighted by Gasteiger charge is -2.22. The summed E-state index contributed by atoms with van der Waals surface area (Å²) >= 11 is 0. The summed E-state index contributed by atoms with van der Waals surface area (Å²) in [7, 11) is 25.8. The van der Waals surface area contributed by atoms with Gasteiger partial charge in [-0.25, -0.2) is 56.1 Å². The Morgan fingerprint density at radius 3 is 0.918 bits per heavy atom. The average molecular weight is 1790 g/mol. The van der Waals surface area contributed by atoms with E-state index in [1.165, 1.54) is 136 Å². The lowest BCUT2D eigenvalue weighted by atomic mass is 9.92. The first-order valence-electron chi connectivity index (χ1n) is 48.0. The van der Waals surface area contributed by atoms with Crippen LogP contribution in [0.1, 0.15) is 180 Å². The SMILES string of the molecule is CC(C)c1cccc(C(C)C)c1-n1c(-c2cccc(N3C=CN(C)[C@@H]3C)[n+]2C)[n+](C)c2ccccc21.CC(C)c1cccc(C(C)C)c1-n1cc[n+](C)c1-c1cccc(N2C=CN(C)[C@@H]2C)[n+]1C.CC(C)c1cccc(C(C)C)c1-n1cc[n+](C)c1-c1cccc(N2c3ccccc3N(C)[C@@H]2C)[n+]1C.C[C@H]1N(C)C=CN1c1cccc(-c2n(-c3ccccc3)c3ccccc3[n+]2C)[n+]1C. The molecule has 0 saturated carbocycles. The van der Waals surface area contributed by atoms with Gasteiger partial charge >= 0.3 is 23.3 Å². The van der Waals surface area contributed by atoms with Crippen molar-refractivity contribution in [3.8, 4) is 68.8 Å². The molecule has 0 fully saturated rings. The molecule has 15 aromatic rings. The van der Waals surface area contributed by atoms with Crippen LogP contribution in [0.2, 0.25) is 0 Å². The largest absolute Gasteiger partial charge is 0.339 e. The maximum Gasteiger partial charge on any atom is 0.335 e. The van der Waals surface area contributed by atoms with Gasteiger partial charge in [-0.05, 0) is 160 Å². The Labute approximate surface area is 796 Å². The monoisotopic (exact) mass is 1790 g/mol. The van der Waals surface area contributed by atoms with Crippen LogP contribution in [-0.4, -0.2) is 85.8 Å². The van der Waals surface area contributed by atoms with Gasteiger partial charge in [-0.1, -0.05) is 192 Å². The molecule has 20 heteroatoms. The summed E-state index contributed by atoms with van der Waals surface area (Å²) in [5, 5.41) is 0. The van der Waals surface area contributed by atoms with Crippen molar-refractivity contribution < 1.29 is 36.5 Å². The van der Waals surface area contributed by atoms with E-state index in [1.807, 2.05) is 0 Å². The standard InChI is InChI=1S/2C31H39N5.C27H37N5.C25H27N5/c1-21(2)24-13-11-14-25(22(3)4)30(24)35-20-19-32(6)31(35)28-17-12-18-29(34(28)8)36-23(5)33(7)26-15-9-10-16-27(26)36;1-21(2)24-13-11-14-25(22(3)4)30(24)36-27-16-10-9-15-26(27)34(8)31(36)28-17-12-18-29(33(28)7)35-20-19-32(6)23(35)5;1-19(2)22-11-9-12-23(20(3)4)26(22)32-18-16-29(7)27(32)24-13-10-14-25(30(24)8)31-17-15-28(6)21(31)5;1-19-26(2)17-18-29(19)24-16-10-15-23(27(24)3)25-28(4)21-13-8-9-14-22(21)30(25)20-11-6-5-7-12-20/h2*9-23H,1-8H3;9-21H,1-8H3;5-19H,1-4H3/q4*+2/t2*23-;21-;19-/m0000/s1. The lowest BCUT2D eigenvalue weighted by molar-refractivity contribution is -0.684. The van der Waals surface area contributed by atoms with E-state index >= 15 is 0 Å². The molecular formula is C114H142N20+8. The van der Waals surface area contributed by atoms with Gasteiger partial charge in [0.1, 0.15) is 66.1 Å². The van der Waals surface area contributed by atoms with Crippen molar-refractivity contribution in [2.75, 3.05) is 52.7 Å². The van der Waals surface area contributed by atoms with Gasteiger partial charge in [0.15, 0.2) is 52.4 Å². The van der Waals surface area contributed by atoms with E-state index in [1.54, 1.807) is 0 Å². The second-order valence-corrected chi connectivity index (χ2v) is 38.7. The predicted octanol–water partition coefficient (Wildman–Crippen LogP) is 19.9. The van der Waals surface area contributed by atoms with E-state index in [0.717, 1.165) is 23.0 Å². The van der Waals surface area contributed by atoms with E-state index in [9.17, 15) is 0 Å². The fourth-order valence-electron chi connectivity index (χ4n) is 20.3. The number of aromatic nitrogens is 12. The van der Waals surface area contributed by atoms with Crippen LogP contribution in [0, 0.1) is 0 Å². The Bertz CT molecular complexity index is 6850. The number of rotatable bonds is 18. The Hall–Kier alpha value is -13.9. The predicted molar refractivity (Wildman–Crippen MR) is 547 cm³/mol. The van der Waals surface area contributed by atoms with Gasteiger partial charge < -0.3 is 19.6 Å². The zero-order chi connectivity index (χ0) is 95.4. The third-order valence-electron chi connectivity index (χ3n) is 28.4. The maximum absolute atomic E-state index is 2.51. The van der Waals surface area contributed by atoms with Gasteiger partial charge in [-0.15, -0.1) is 0 Å². The minimum absolute atomic E-state index is 0.221. The molecule has 20 nitrogen and oxygen atoms in total. The van der Waals surface area contributed by atoms with Gasteiger partial charge in [0.2, 0.25) is 22.8 Å². The fraction of sp³-hybridized carbons (Fsp3) is 0.333. The van der Waals surface area contributed by atoms with E-state index in [4.69, 9.17) is 0 Å². The summed E-state index contributed by atoms with van der Waals surface area (Å²) in [5.74, 6) is 11.9. The molecular weight excluding hydrogens is 1650 g/mol. The molecule has 19 rings (SSSR count). The first kappa shape index (κ1) is 93.4. The summed E-state index contributed by atoms with van der Waals surface area (Å²) in [6.07, 6.45) is 22.7. The first-order valence-corrected chi connectivity index (χ1v) is 48.0. The van der Waals surface area contributed by atoms with E-state index in [2.05, 4.69) is 582 Å². The van der Waals surface area contributed by atoms with Crippen molar-refractivity contribution >= 4 is 56.7 Å². The number of imidazole rings is 4. The number of para-hydroxylation sites is 10. The molecule has 0 amide bonds. The van der Waals surface area contributed by atoms with Crippen LogP contribution in [-0.2, 0) is 56.4 Å². The molecule has 0 spiro atoms. The minimum Gasteiger partial charge on any atom is -0.339 e. The summed E-state index contributed by atoms with van der Waals surface area (Å²) in [4.78, 5) is 18.4. The smallest absolute Gasteiger partial charge is 0.335 e. The van der Waals surface area contributed by atoms with Crippen LogP contribution in [0.5, 0.6) is 0 Å². The van der Waals surface area contributed by atoms with E-state index in [-0.39, 0.29) is 24.7 Å². The van der Waals surface area contributed by atoms with Crippen LogP contribution in [0.4, 0.5) is 34.6 Å². The Morgan fingerprint density at radius 1 is 0.261 bits per heavy atom. The van der Waals surface area contributed by atoms with Gasteiger partial charge in [0.25, 0.3) is 23.3 Å². The summed E-state index contributed by atoms with van der Waals surface area (Å²) in [6, 6.07) is 83.3. The van der Waals surface area contributed by atoms with E-state index in [0.29, 0.717) is 35.5 Å². The van der Waals surface area contributed by atoms with Crippen LogP contribution in [0.25, 0.3) is 90.9 Å². The molecule has 0 aliphatic carbocycles. The minimum atomic E-state index is 0.221. The van der Waals surface area contributed by atoms with Crippen molar-refractivity contribution in [1.82, 2.24) is 33.0 Å². The number of anilines is 6. The van der Waals surface area contributed by atoms with Crippen molar-refractivity contribution in [2.24, 2.45) is 56.4 Å². The van der Waals surface area contributed by atoms with Gasteiger partial charge in [0, 0.05) is 104 Å². The van der Waals surface area contributed by atoms with E-state index < -0.39 is 0 Å². The summed E-state index contributed by atoms with van der Waals surface area (Å²) < 4.78 is 28.0. The highest BCUT2D eigenvalue weighted by atomic mass is 15.4. The number of hydrogen-bond donors (Lipinski definition) is 0. The van der Waals surface area contributed by atoms with Gasteiger partial charge in [-0.3, -0.25) is 0 Å². The quantitative estimate of drug-likeness (QED) is 0.0787. The highest BCUT2D eigenvalue weighted by Gasteiger charge is 2.44. The third kappa shape index (κ3) is 16.8. The maximum atomic E-state index is 2.51. The van der Waals surface area contributed by atoms with Crippen LogP contribution in [0.3, 0.4) is 0 Å². The number of benzene rings is 7. The molecule has 4 aliphatic rings. The molecule has 0 N–H and O–H groups in total. The number of pyridine rings is 4. The molecule has 0 saturated heterocycles. The van der Waals surface area contributed by atoms with Crippen LogP contribution < -0.4 is 61.0 Å². The summed E-state index contributed by atoms with van der Waals surface area (Å²) in [5.41, 5.74) is 25.4. The molecule has 4 aliphatic heterocycles. The molecule has 0 radical (unpaired) electrons. The normalized spacial score (nSPS) is 15.8. The van der Waals surface area contributed by atoms with Gasteiger partial charge in [0.05, 0.1) is 62.1 Å². The van der Waals surface area contributed by atoms with Crippen molar-refractivity contribution in [3.63, 3.8) is 0 Å². The molecule has 7 aromatic carbocycles. The third-order valence-corrected chi connectivity index (χ3v) is 28.4. The zero-order valence-electron chi connectivity index (χ0n) is 84.4. The molecule has 4 atom stereocenters. The molecule has 12 heterocycles. The number of aryl methyl sites for hydroxylation is 4. The Balaban J connectivity index is 0.000000130. The second-order valence-electron chi connectivity index (χ2n) is 38.7. The Kier molecular flexibility index (Phi) is 26.7. The molecule has 8 aromatic heterocycles. The summed E-state index contributed by atoms with van der Waals surface area (Å²) in [6.45, 7) is 36.4. The molecule has 134 heavy (non-hydrogen) atoms. The van der Waals surface area contributed by atoms with Crippen LogP contribution >= 0.6 is 0 Å². The topological polar surface area (TPSA) is 76.7 Å².